The molecule has 0 aromatic heterocycles. The van der Waals surface area contributed by atoms with E-state index >= 15 is 0 Å². The third kappa shape index (κ3) is 4.13. The van der Waals surface area contributed by atoms with Gasteiger partial charge in [-0.25, -0.2) is 26.7 Å². The molecule has 0 unspecified atom stereocenters. The smallest absolute Gasteiger partial charge is 0.225 e. The number of sulfonamides is 1. The van der Waals surface area contributed by atoms with Crippen LogP contribution in [-0.4, -0.2) is 8.42 Å². The maximum atomic E-state index is 14.0. The van der Waals surface area contributed by atoms with E-state index in [0.29, 0.717) is 24.3 Å². The van der Waals surface area contributed by atoms with E-state index in [4.69, 9.17) is 5.14 Å². The van der Waals surface area contributed by atoms with Gasteiger partial charge in [-0.15, -0.1) is 0 Å². The van der Waals surface area contributed by atoms with Gasteiger partial charge in [0.05, 0.1) is 10.5 Å². The van der Waals surface area contributed by atoms with Crippen LogP contribution in [-0.2, 0) is 16.2 Å². The van der Waals surface area contributed by atoms with E-state index in [0.717, 1.165) is 12.1 Å². The standard InChI is InChI=1S/C19H11F6NO2S/c20-15-7-10(5-6-14(15)19(23,24)25)12-8-16(21)17(22)9-13(12)11-3-1-2-4-18(11)29(26,27)28/h1-9H,(H2,26,27,28). The number of alkyl halides is 3. The van der Waals surface area contributed by atoms with Gasteiger partial charge < -0.3 is 0 Å². The van der Waals surface area contributed by atoms with Gasteiger partial charge in [-0.1, -0.05) is 24.3 Å². The van der Waals surface area contributed by atoms with E-state index in [1.165, 1.54) is 18.2 Å². The van der Waals surface area contributed by atoms with Crippen LogP contribution in [0, 0.1) is 17.5 Å². The molecule has 0 spiro atoms. The van der Waals surface area contributed by atoms with Gasteiger partial charge >= 0.3 is 6.18 Å². The Morgan fingerprint density at radius 3 is 1.86 bits per heavy atom. The van der Waals surface area contributed by atoms with Crippen molar-refractivity contribution in [3.05, 3.63) is 77.6 Å². The van der Waals surface area contributed by atoms with Gasteiger partial charge in [0.2, 0.25) is 10.0 Å². The Hall–Kier alpha value is -2.85. The fourth-order valence-corrected chi connectivity index (χ4v) is 3.61. The van der Waals surface area contributed by atoms with Gasteiger partial charge in [0.25, 0.3) is 0 Å². The number of hydrogen-bond acceptors (Lipinski definition) is 2. The lowest BCUT2D eigenvalue weighted by Crippen LogP contribution is -2.13. The molecular weight excluding hydrogens is 420 g/mol. The molecule has 0 aliphatic heterocycles. The maximum Gasteiger partial charge on any atom is 0.419 e. The van der Waals surface area contributed by atoms with Crippen LogP contribution in [0.2, 0.25) is 0 Å². The molecule has 3 aromatic carbocycles. The summed E-state index contributed by atoms with van der Waals surface area (Å²) >= 11 is 0. The topological polar surface area (TPSA) is 60.2 Å². The van der Waals surface area contributed by atoms with Crippen LogP contribution in [0.1, 0.15) is 5.56 Å². The Labute approximate surface area is 161 Å². The van der Waals surface area contributed by atoms with Crippen molar-refractivity contribution in [3.63, 3.8) is 0 Å². The zero-order chi connectivity index (χ0) is 21.6. The van der Waals surface area contributed by atoms with E-state index in [1.54, 1.807) is 0 Å². The van der Waals surface area contributed by atoms with Crippen LogP contribution in [0.4, 0.5) is 26.3 Å². The molecule has 29 heavy (non-hydrogen) atoms. The highest BCUT2D eigenvalue weighted by molar-refractivity contribution is 7.89. The lowest BCUT2D eigenvalue weighted by molar-refractivity contribution is -0.139. The second-order valence-electron chi connectivity index (χ2n) is 6.05. The Morgan fingerprint density at radius 2 is 1.31 bits per heavy atom. The molecule has 0 aliphatic carbocycles. The van der Waals surface area contributed by atoms with Crippen LogP contribution < -0.4 is 5.14 Å². The van der Waals surface area contributed by atoms with Gasteiger partial charge in [0, 0.05) is 5.56 Å². The molecule has 0 fully saturated rings. The molecule has 152 valence electrons. The Balaban J connectivity index is 2.32. The molecule has 0 heterocycles. The summed E-state index contributed by atoms with van der Waals surface area (Å²) in [5.74, 6) is -4.30. The third-order valence-electron chi connectivity index (χ3n) is 4.13. The first-order valence-electron chi connectivity index (χ1n) is 7.88. The van der Waals surface area contributed by atoms with Crippen LogP contribution in [0.15, 0.2) is 59.5 Å². The first-order valence-corrected chi connectivity index (χ1v) is 9.42. The predicted octanol–water partition coefficient (Wildman–Crippen LogP) is 5.10. The van der Waals surface area contributed by atoms with Crippen molar-refractivity contribution in [2.75, 3.05) is 0 Å². The monoisotopic (exact) mass is 431 g/mol. The second-order valence-corrected chi connectivity index (χ2v) is 7.58. The van der Waals surface area contributed by atoms with E-state index in [2.05, 4.69) is 0 Å². The lowest BCUT2D eigenvalue weighted by Gasteiger charge is -2.15. The van der Waals surface area contributed by atoms with Gasteiger partial charge in [0.15, 0.2) is 11.6 Å². The van der Waals surface area contributed by atoms with Gasteiger partial charge in [-0.3, -0.25) is 0 Å². The average Bonchev–Trinajstić information content (AvgIpc) is 2.61. The summed E-state index contributed by atoms with van der Waals surface area (Å²) in [5, 5.41) is 5.16. The zero-order valence-corrected chi connectivity index (χ0v) is 15.1. The number of rotatable bonds is 3. The van der Waals surface area contributed by atoms with Crippen molar-refractivity contribution in [2.45, 2.75) is 11.1 Å². The Kier molecular flexibility index (Phi) is 5.18. The minimum atomic E-state index is -4.94. The summed E-state index contributed by atoms with van der Waals surface area (Å²) in [4.78, 5) is -0.417. The number of halogens is 6. The van der Waals surface area contributed by atoms with Gasteiger partial charge in [0.1, 0.15) is 5.82 Å². The molecule has 0 atom stereocenters. The Bertz CT molecular complexity index is 1210. The second kappa shape index (κ2) is 7.20. The molecule has 0 saturated carbocycles. The zero-order valence-electron chi connectivity index (χ0n) is 14.3. The Morgan fingerprint density at radius 1 is 0.724 bits per heavy atom. The average molecular weight is 431 g/mol. The molecule has 3 aromatic rings. The van der Waals surface area contributed by atoms with Crippen LogP contribution in [0.3, 0.4) is 0 Å². The molecule has 0 radical (unpaired) electrons. The summed E-state index contributed by atoms with van der Waals surface area (Å²) < 4.78 is 104. The fourth-order valence-electron chi connectivity index (χ4n) is 2.86. The number of hydrogen-bond donors (Lipinski definition) is 1. The quantitative estimate of drug-likeness (QED) is 0.587. The van der Waals surface area contributed by atoms with Gasteiger partial charge in [-0.05, 0) is 47.0 Å². The number of nitrogens with two attached hydrogens (primary N) is 1. The molecule has 2 N–H and O–H groups in total. The molecule has 0 amide bonds. The number of primary sulfonamides is 1. The number of benzene rings is 3. The van der Waals surface area contributed by atoms with Crippen LogP contribution in [0.5, 0.6) is 0 Å². The van der Waals surface area contributed by atoms with Crippen molar-refractivity contribution in [1.29, 1.82) is 0 Å². The third-order valence-corrected chi connectivity index (χ3v) is 5.10. The largest absolute Gasteiger partial charge is 0.419 e. The maximum absolute atomic E-state index is 14.0. The van der Waals surface area contributed by atoms with E-state index in [1.807, 2.05) is 0 Å². The van der Waals surface area contributed by atoms with E-state index in [9.17, 15) is 34.8 Å². The summed E-state index contributed by atoms with van der Waals surface area (Å²) in [5.41, 5.74) is -2.27. The normalized spacial score (nSPS) is 12.2. The summed E-state index contributed by atoms with van der Waals surface area (Å²) in [6, 6.07) is 8.31. The summed E-state index contributed by atoms with van der Waals surface area (Å²) in [6.45, 7) is 0. The van der Waals surface area contributed by atoms with E-state index in [-0.39, 0.29) is 22.3 Å². The minimum Gasteiger partial charge on any atom is -0.225 e. The highest BCUT2D eigenvalue weighted by Crippen LogP contribution is 2.39. The first-order chi connectivity index (χ1) is 13.4. The highest BCUT2D eigenvalue weighted by atomic mass is 32.2. The van der Waals surface area contributed by atoms with Crippen molar-refractivity contribution in [1.82, 2.24) is 0 Å². The van der Waals surface area contributed by atoms with Crippen LogP contribution in [0.25, 0.3) is 22.3 Å². The van der Waals surface area contributed by atoms with Crippen molar-refractivity contribution < 1.29 is 34.8 Å². The molecular formula is C19H11F6NO2S. The van der Waals surface area contributed by atoms with E-state index < -0.39 is 44.1 Å². The minimum absolute atomic E-state index is 0.121. The SMILES string of the molecule is NS(=O)(=O)c1ccccc1-c1cc(F)c(F)cc1-c1ccc(C(F)(F)F)c(F)c1. The lowest BCUT2D eigenvalue weighted by atomic mass is 9.93. The summed E-state index contributed by atoms with van der Waals surface area (Å²) in [6.07, 6.45) is -4.94. The fraction of sp³-hybridized carbons (Fsp3) is 0.0526. The predicted molar refractivity (Wildman–Crippen MR) is 93.6 cm³/mol. The van der Waals surface area contributed by atoms with Crippen molar-refractivity contribution >= 4 is 10.0 Å². The molecule has 10 heteroatoms. The highest BCUT2D eigenvalue weighted by Gasteiger charge is 2.34. The summed E-state index contributed by atoms with van der Waals surface area (Å²) in [7, 11) is -4.28. The molecule has 0 bridgehead atoms. The molecule has 3 nitrogen and oxygen atoms in total. The van der Waals surface area contributed by atoms with Crippen molar-refractivity contribution in [3.8, 4) is 22.3 Å². The first kappa shape index (κ1) is 20.9. The van der Waals surface area contributed by atoms with Crippen molar-refractivity contribution in [2.24, 2.45) is 5.14 Å². The molecule has 0 aliphatic rings. The van der Waals surface area contributed by atoms with Crippen LogP contribution >= 0.6 is 0 Å². The molecule has 3 rings (SSSR count). The van der Waals surface area contributed by atoms with Gasteiger partial charge in [-0.2, -0.15) is 13.2 Å². The molecule has 0 saturated heterocycles.